The number of rotatable bonds is 5. The Balaban J connectivity index is 1.30. The predicted octanol–water partition coefficient (Wildman–Crippen LogP) is 2.67. The molecule has 150 valence electrons. The highest BCUT2D eigenvalue weighted by Crippen LogP contribution is 2.15. The lowest BCUT2D eigenvalue weighted by molar-refractivity contribution is 0.0908. The fourth-order valence-electron chi connectivity index (χ4n) is 3.76. The van der Waals surface area contributed by atoms with Gasteiger partial charge >= 0.3 is 0 Å². The summed E-state index contributed by atoms with van der Waals surface area (Å²) < 4.78 is 1.79. The molecule has 4 heterocycles. The Morgan fingerprint density at radius 1 is 1.14 bits per heavy atom. The van der Waals surface area contributed by atoms with E-state index in [9.17, 15) is 4.79 Å². The molecule has 1 fully saturated rings. The lowest BCUT2D eigenvalue weighted by Crippen LogP contribution is -2.44. The number of aromatic nitrogens is 4. The number of carbonyl (C=O) groups is 1. The summed E-state index contributed by atoms with van der Waals surface area (Å²) in [6.45, 7) is 6.82. The van der Waals surface area contributed by atoms with Gasteiger partial charge in [-0.2, -0.15) is 5.10 Å². The molecule has 0 atom stereocenters. The van der Waals surface area contributed by atoms with Gasteiger partial charge in [0.1, 0.15) is 0 Å². The summed E-state index contributed by atoms with van der Waals surface area (Å²) in [5, 5.41) is 7.59. The van der Waals surface area contributed by atoms with Crippen molar-refractivity contribution in [2.24, 2.45) is 0 Å². The van der Waals surface area contributed by atoms with Crippen LogP contribution in [-0.4, -0.2) is 49.7 Å². The number of pyridine rings is 2. The molecule has 1 saturated heterocycles. The number of piperidine rings is 1. The summed E-state index contributed by atoms with van der Waals surface area (Å²) in [4.78, 5) is 23.5. The van der Waals surface area contributed by atoms with E-state index in [0.29, 0.717) is 5.56 Å². The molecule has 0 spiro atoms. The van der Waals surface area contributed by atoms with Crippen molar-refractivity contribution in [2.75, 3.05) is 13.1 Å². The first-order valence-electron chi connectivity index (χ1n) is 10.0. The van der Waals surface area contributed by atoms with Crippen LogP contribution < -0.4 is 5.32 Å². The van der Waals surface area contributed by atoms with Crippen molar-refractivity contribution in [3.05, 3.63) is 71.4 Å². The zero-order valence-electron chi connectivity index (χ0n) is 16.9. The van der Waals surface area contributed by atoms with Gasteiger partial charge in [-0.05, 0) is 62.6 Å². The van der Waals surface area contributed by atoms with E-state index in [4.69, 9.17) is 0 Å². The fourth-order valence-corrected chi connectivity index (χ4v) is 3.76. The van der Waals surface area contributed by atoms with E-state index >= 15 is 0 Å². The quantitative estimate of drug-likeness (QED) is 0.725. The Morgan fingerprint density at radius 2 is 1.90 bits per heavy atom. The summed E-state index contributed by atoms with van der Waals surface area (Å²) in [7, 11) is 0. The first kappa shape index (κ1) is 19.3. The van der Waals surface area contributed by atoms with Crippen LogP contribution in [0.4, 0.5) is 0 Å². The zero-order chi connectivity index (χ0) is 20.2. The molecule has 1 N–H and O–H groups in total. The SMILES string of the molecule is Cc1cc(C)n(-c2ccc(C(=O)NC3CCN(Cc4ccncc4)CC3)cn2)n1. The van der Waals surface area contributed by atoms with Gasteiger partial charge in [-0.25, -0.2) is 9.67 Å². The van der Waals surface area contributed by atoms with Crippen molar-refractivity contribution in [1.29, 1.82) is 0 Å². The molecule has 29 heavy (non-hydrogen) atoms. The number of amides is 1. The topological polar surface area (TPSA) is 75.9 Å². The molecule has 0 aromatic carbocycles. The predicted molar refractivity (Wildman–Crippen MR) is 111 cm³/mol. The van der Waals surface area contributed by atoms with Gasteiger partial charge < -0.3 is 5.32 Å². The van der Waals surface area contributed by atoms with E-state index in [1.54, 1.807) is 10.9 Å². The van der Waals surface area contributed by atoms with Crippen LogP contribution in [0.25, 0.3) is 5.82 Å². The largest absolute Gasteiger partial charge is 0.349 e. The van der Waals surface area contributed by atoms with Crippen molar-refractivity contribution in [3.63, 3.8) is 0 Å². The highest BCUT2D eigenvalue weighted by atomic mass is 16.1. The van der Waals surface area contributed by atoms with Crippen LogP contribution in [0.2, 0.25) is 0 Å². The van der Waals surface area contributed by atoms with Crippen LogP contribution in [0.3, 0.4) is 0 Å². The molecule has 7 heteroatoms. The molecule has 1 amide bonds. The van der Waals surface area contributed by atoms with Crippen LogP contribution >= 0.6 is 0 Å². The third-order valence-corrected chi connectivity index (χ3v) is 5.31. The summed E-state index contributed by atoms with van der Waals surface area (Å²) >= 11 is 0. The van der Waals surface area contributed by atoms with Crippen molar-refractivity contribution in [1.82, 2.24) is 30.0 Å². The third-order valence-electron chi connectivity index (χ3n) is 5.31. The standard InChI is InChI=1S/C22H26N6O/c1-16-13-17(2)28(26-16)21-4-3-19(14-24-21)22(29)25-20-7-11-27(12-8-20)15-18-5-9-23-10-6-18/h3-6,9-10,13-14,20H,7-8,11-12,15H2,1-2H3,(H,25,29). The molecular formula is C22H26N6O. The smallest absolute Gasteiger partial charge is 0.253 e. The molecule has 3 aromatic rings. The van der Waals surface area contributed by atoms with Crippen molar-refractivity contribution >= 4 is 5.91 Å². The molecule has 0 radical (unpaired) electrons. The molecule has 1 aliphatic rings. The Morgan fingerprint density at radius 3 is 2.52 bits per heavy atom. The van der Waals surface area contributed by atoms with E-state index in [-0.39, 0.29) is 11.9 Å². The van der Waals surface area contributed by atoms with Gasteiger partial charge in [-0.15, -0.1) is 0 Å². The summed E-state index contributed by atoms with van der Waals surface area (Å²) in [6, 6.07) is 9.96. The number of nitrogens with one attached hydrogen (secondary N) is 1. The highest BCUT2D eigenvalue weighted by Gasteiger charge is 2.21. The molecule has 3 aromatic heterocycles. The van der Waals surface area contributed by atoms with Gasteiger partial charge in [0.25, 0.3) is 5.91 Å². The van der Waals surface area contributed by atoms with Gasteiger partial charge in [0.05, 0.1) is 11.3 Å². The number of nitrogens with zero attached hydrogens (tertiary/aromatic N) is 5. The maximum absolute atomic E-state index is 12.6. The van der Waals surface area contributed by atoms with Crippen molar-refractivity contribution in [2.45, 2.75) is 39.3 Å². The monoisotopic (exact) mass is 390 g/mol. The maximum Gasteiger partial charge on any atom is 0.253 e. The van der Waals surface area contributed by atoms with Gasteiger partial charge in [-0.1, -0.05) is 0 Å². The van der Waals surface area contributed by atoms with Crippen LogP contribution in [-0.2, 0) is 6.54 Å². The number of aryl methyl sites for hydroxylation is 2. The Hall–Kier alpha value is -3.06. The minimum Gasteiger partial charge on any atom is -0.349 e. The minimum absolute atomic E-state index is 0.0648. The van der Waals surface area contributed by atoms with E-state index in [2.05, 4.69) is 37.4 Å². The third kappa shape index (κ3) is 4.68. The second-order valence-electron chi connectivity index (χ2n) is 7.62. The molecule has 0 saturated carbocycles. The molecule has 0 bridgehead atoms. The highest BCUT2D eigenvalue weighted by molar-refractivity contribution is 5.94. The number of hydrogen-bond acceptors (Lipinski definition) is 5. The zero-order valence-corrected chi connectivity index (χ0v) is 16.9. The van der Waals surface area contributed by atoms with E-state index in [0.717, 1.165) is 49.7 Å². The van der Waals surface area contributed by atoms with Gasteiger partial charge in [0, 0.05) is 50.0 Å². The first-order chi connectivity index (χ1) is 14.1. The van der Waals surface area contributed by atoms with E-state index in [1.807, 2.05) is 44.4 Å². The average molecular weight is 390 g/mol. The Bertz CT molecular complexity index is 959. The van der Waals surface area contributed by atoms with Crippen LogP contribution in [0, 0.1) is 13.8 Å². The Labute approximate surface area is 170 Å². The number of likely N-dealkylation sites (tertiary alicyclic amines) is 1. The second-order valence-corrected chi connectivity index (χ2v) is 7.62. The van der Waals surface area contributed by atoms with E-state index in [1.165, 1.54) is 5.56 Å². The summed E-state index contributed by atoms with van der Waals surface area (Å²) in [6.07, 6.45) is 7.19. The number of hydrogen-bond donors (Lipinski definition) is 1. The fraction of sp³-hybridized carbons (Fsp3) is 0.364. The van der Waals surface area contributed by atoms with Crippen molar-refractivity contribution in [3.8, 4) is 5.82 Å². The summed E-state index contributed by atoms with van der Waals surface area (Å²) in [5.74, 6) is 0.654. The minimum atomic E-state index is -0.0648. The van der Waals surface area contributed by atoms with Crippen molar-refractivity contribution < 1.29 is 4.79 Å². The summed E-state index contributed by atoms with van der Waals surface area (Å²) in [5.41, 5.74) is 3.82. The molecule has 1 aliphatic heterocycles. The number of carbonyl (C=O) groups excluding carboxylic acids is 1. The van der Waals surface area contributed by atoms with Crippen LogP contribution in [0.1, 0.15) is 40.2 Å². The van der Waals surface area contributed by atoms with Gasteiger partial charge in [-0.3, -0.25) is 14.7 Å². The van der Waals surface area contributed by atoms with Gasteiger partial charge in [0.15, 0.2) is 5.82 Å². The first-order valence-corrected chi connectivity index (χ1v) is 10.0. The van der Waals surface area contributed by atoms with Crippen LogP contribution in [0.15, 0.2) is 48.9 Å². The molecule has 0 unspecified atom stereocenters. The van der Waals surface area contributed by atoms with Crippen LogP contribution in [0.5, 0.6) is 0 Å². The average Bonchev–Trinajstić information content (AvgIpc) is 3.08. The maximum atomic E-state index is 12.6. The van der Waals surface area contributed by atoms with E-state index < -0.39 is 0 Å². The molecule has 0 aliphatic carbocycles. The lowest BCUT2D eigenvalue weighted by atomic mass is 10.0. The van der Waals surface area contributed by atoms with Gasteiger partial charge in [0.2, 0.25) is 0 Å². The normalized spacial score (nSPS) is 15.4. The molecule has 4 rings (SSSR count). The Kier molecular flexibility index (Phi) is 5.67. The molecule has 7 nitrogen and oxygen atoms in total. The lowest BCUT2D eigenvalue weighted by Gasteiger charge is -2.32. The molecular weight excluding hydrogens is 364 g/mol. The second kappa shape index (κ2) is 8.53.